The van der Waals surface area contributed by atoms with Crippen molar-refractivity contribution in [1.29, 1.82) is 0 Å². The number of phenolic OH excluding ortho intramolecular Hbond substituents is 1. The maximum Gasteiger partial charge on any atom is 0.268 e. The minimum Gasteiger partial charge on any atom is -0.505 e. The minimum absolute atomic E-state index is 0.00792. The van der Waals surface area contributed by atoms with E-state index in [1.165, 1.54) is 0 Å². The molecule has 1 heterocycles. The molecule has 10 heteroatoms. The average molecular weight is 354 g/mol. The average Bonchev–Trinajstić information content (AvgIpc) is 2.77. The summed E-state index contributed by atoms with van der Waals surface area (Å²) in [5, 5.41) is 12.8. The Morgan fingerprint density at radius 3 is 2.43 bits per heavy atom. The van der Waals surface area contributed by atoms with Crippen molar-refractivity contribution in [3.63, 3.8) is 0 Å². The topological polar surface area (TPSA) is 84.2 Å². The van der Waals surface area contributed by atoms with E-state index in [0.717, 1.165) is 23.0 Å². The highest BCUT2D eigenvalue weighted by molar-refractivity contribution is 7.92. The first kappa shape index (κ1) is 15.9. The molecule has 21 heavy (non-hydrogen) atoms. The molecule has 2 rings (SSSR count). The number of nitrogens with zero attached hydrogens (tertiary/aromatic N) is 2. The Bertz CT molecular complexity index is 769. The van der Waals surface area contributed by atoms with Gasteiger partial charge in [0.2, 0.25) is 5.95 Å². The lowest BCUT2D eigenvalue weighted by Crippen LogP contribution is -2.14. The van der Waals surface area contributed by atoms with E-state index in [1.807, 2.05) is 0 Å². The molecule has 2 N–H and O–H groups in total. The number of halogens is 3. The Balaban J connectivity index is 2.40. The molecule has 0 aliphatic heterocycles. The van der Waals surface area contributed by atoms with Crippen molar-refractivity contribution in [3.8, 4) is 5.75 Å². The molecule has 0 saturated carbocycles. The number of anilines is 1. The van der Waals surface area contributed by atoms with Crippen molar-refractivity contribution in [2.24, 2.45) is 0 Å². The molecule has 0 bridgehead atoms. The lowest BCUT2D eigenvalue weighted by Gasteiger charge is -2.09. The zero-order valence-corrected chi connectivity index (χ0v) is 13.0. The maximum atomic E-state index is 13.8. The summed E-state index contributed by atoms with van der Waals surface area (Å²) in [6.45, 7) is 1.82. The summed E-state index contributed by atoms with van der Waals surface area (Å²) in [5.41, 5.74) is -0.00792. The molecular weight excluding hydrogens is 344 g/mol. The van der Waals surface area contributed by atoms with Crippen LogP contribution in [0.15, 0.2) is 23.2 Å². The van der Waals surface area contributed by atoms with Crippen LogP contribution in [0, 0.1) is 5.95 Å². The zero-order valence-electron chi connectivity index (χ0n) is 10.6. The maximum absolute atomic E-state index is 13.8. The van der Waals surface area contributed by atoms with Crippen LogP contribution in [0.25, 0.3) is 0 Å². The van der Waals surface area contributed by atoms with Gasteiger partial charge in [-0.1, -0.05) is 23.2 Å². The van der Waals surface area contributed by atoms with Gasteiger partial charge < -0.3 is 5.11 Å². The van der Waals surface area contributed by atoms with Gasteiger partial charge in [-0.15, -0.1) is 0 Å². The van der Waals surface area contributed by atoms with Crippen LogP contribution in [0.5, 0.6) is 5.75 Å². The highest BCUT2D eigenvalue weighted by Gasteiger charge is 2.24. The predicted octanol–water partition coefficient (Wildman–Crippen LogP) is 2.86. The quantitative estimate of drug-likeness (QED) is 0.827. The smallest absolute Gasteiger partial charge is 0.268 e. The number of aromatic hydroxyl groups is 1. The number of benzene rings is 1. The fraction of sp³-hybridized carbons (Fsp3) is 0.182. The standard InChI is InChI=1S/C11H10Cl2FN3O3S/c1-2-17-11(14)9(5-15-17)21(19,20)16-6-3-7(12)10(18)8(13)4-6/h3-5,16,18H,2H2,1H3. The Morgan fingerprint density at radius 1 is 1.38 bits per heavy atom. The van der Waals surface area contributed by atoms with Crippen LogP contribution in [0.2, 0.25) is 10.0 Å². The molecule has 6 nitrogen and oxygen atoms in total. The number of phenols is 1. The molecule has 0 fully saturated rings. The molecular formula is C11H10Cl2FN3O3S. The second kappa shape index (κ2) is 5.70. The van der Waals surface area contributed by atoms with Crippen LogP contribution in [0.4, 0.5) is 10.1 Å². The molecule has 0 aliphatic carbocycles. The highest BCUT2D eigenvalue weighted by Crippen LogP contribution is 2.35. The van der Waals surface area contributed by atoms with Crippen LogP contribution in [0.3, 0.4) is 0 Å². The Hall–Kier alpha value is -1.51. The minimum atomic E-state index is -4.19. The summed E-state index contributed by atoms with van der Waals surface area (Å²) < 4.78 is 41.1. The molecule has 0 spiro atoms. The molecule has 0 amide bonds. The monoisotopic (exact) mass is 353 g/mol. The molecule has 0 aliphatic rings. The van der Waals surface area contributed by atoms with Crippen molar-refractivity contribution >= 4 is 38.9 Å². The molecule has 2 aromatic rings. The van der Waals surface area contributed by atoms with Gasteiger partial charge in [0.05, 0.1) is 21.9 Å². The summed E-state index contributed by atoms with van der Waals surface area (Å²) >= 11 is 11.4. The second-order valence-corrected chi connectivity index (χ2v) is 6.47. The van der Waals surface area contributed by atoms with Gasteiger partial charge in [-0.25, -0.2) is 13.1 Å². The van der Waals surface area contributed by atoms with E-state index >= 15 is 0 Å². The highest BCUT2D eigenvalue weighted by atomic mass is 35.5. The van der Waals surface area contributed by atoms with Crippen LogP contribution in [0.1, 0.15) is 6.92 Å². The summed E-state index contributed by atoms with van der Waals surface area (Å²) in [6.07, 6.45) is 0.908. The number of hydrogen-bond acceptors (Lipinski definition) is 4. The van der Waals surface area contributed by atoms with E-state index in [2.05, 4.69) is 9.82 Å². The number of aryl methyl sites for hydroxylation is 1. The number of nitrogens with one attached hydrogen (secondary N) is 1. The molecule has 114 valence electrons. The fourth-order valence-corrected chi connectivity index (χ4v) is 3.13. The Morgan fingerprint density at radius 2 is 1.95 bits per heavy atom. The van der Waals surface area contributed by atoms with Gasteiger partial charge in [-0.2, -0.15) is 9.49 Å². The van der Waals surface area contributed by atoms with Crippen molar-refractivity contribution < 1.29 is 17.9 Å². The largest absolute Gasteiger partial charge is 0.505 e. The zero-order chi connectivity index (χ0) is 15.8. The van der Waals surface area contributed by atoms with Gasteiger partial charge >= 0.3 is 0 Å². The number of aromatic nitrogens is 2. The van der Waals surface area contributed by atoms with Crippen molar-refractivity contribution in [1.82, 2.24) is 9.78 Å². The third-order valence-electron chi connectivity index (χ3n) is 2.60. The predicted molar refractivity (Wildman–Crippen MR) is 76.8 cm³/mol. The first-order valence-electron chi connectivity index (χ1n) is 5.68. The lowest BCUT2D eigenvalue weighted by molar-refractivity contribution is 0.455. The summed E-state index contributed by atoms with van der Waals surface area (Å²) in [7, 11) is -4.19. The van der Waals surface area contributed by atoms with E-state index < -0.39 is 20.9 Å². The van der Waals surface area contributed by atoms with Gasteiger partial charge in [-0.05, 0) is 19.1 Å². The lowest BCUT2D eigenvalue weighted by atomic mass is 10.3. The first-order valence-corrected chi connectivity index (χ1v) is 7.92. The summed E-state index contributed by atoms with van der Waals surface area (Å²) in [5.74, 6) is -1.34. The Kier molecular flexibility index (Phi) is 4.31. The van der Waals surface area contributed by atoms with Crippen molar-refractivity contribution in [2.75, 3.05) is 4.72 Å². The van der Waals surface area contributed by atoms with Gasteiger partial charge in [0.1, 0.15) is 0 Å². The molecule has 0 saturated heterocycles. The van der Waals surface area contributed by atoms with Crippen LogP contribution < -0.4 is 4.72 Å². The van der Waals surface area contributed by atoms with Gasteiger partial charge in [0.15, 0.2) is 10.6 Å². The third kappa shape index (κ3) is 3.07. The SMILES string of the molecule is CCn1ncc(S(=O)(=O)Nc2cc(Cl)c(O)c(Cl)c2)c1F. The number of rotatable bonds is 4. The normalized spacial score (nSPS) is 11.6. The molecule has 0 unspecified atom stereocenters. The van der Waals surface area contributed by atoms with E-state index in [4.69, 9.17) is 23.2 Å². The third-order valence-corrected chi connectivity index (χ3v) is 4.54. The van der Waals surface area contributed by atoms with Gasteiger partial charge in [0.25, 0.3) is 10.0 Å². The molecule has 0 radical (unpaired) electrons. The van der Waals surface area contributed by atoms with E-state index in [1.54, 1.807) is 6.92 Å². The fourth-order valence-electron chi connectivity index (χ4n) is 1.59. The van der Waals surface area contributed by atoms with Crippen LogP contribution >= 0.6 is 23.2 Å². The summed E-state index contributed by atoms with van der Waals surface area (Å²) in [6, 6.07) is 2.31. The van der Waals surface area contributed by atoms with Crippen molar-refractivity contribution in [2.45, 2.75) is 18.4 Å². The molecule has 0 atom stereocenters. The van der Waals surface area contributed by atoms with Gasteiger partial charge in [0, 0.05) is 6.54 Å². The van der Waals surface area contributed by atoms with E-state index in [-0.39, 0.29) is 28.0 Å². The van der Waals surface area contributed by atoms with E-state index in [9.17, 15) is 17.9 Å². The molecule has 1 aromatic carbocycles. The van der Waals surface area contributed by atoms with Crippen molar-refractivity contribution in [3.05, 3.63) is 34.3 Å². The van der Waals surface area contributed by atoms with Crippen LogP contribution in [-0.4, -0.2) is 23.3 Å². The number of sulfonamides is 1. The first-order chi connectivity index (χ1) is 9.76. The number of hydrogen-bond donors (Lipinski definition) is 2. The second-order valence-electron chi connectivity index (χ2n) is 4.01. The van der Waals surface area contributed by atoms with Gasteiger partial charge in [-0.3, -0.25) is 4.72 Å². The van der Waals surface area contributed by atoms with Crippen LogP contribution in [-0.2, 0) is 16.6 Å². The van der Waals surface area contributed by atoms with E-state index in [0.29, 0.717) is 0 Å². The molecule has 1 aromatic heterocycles. The Labute approximate surface area is 130 Å². The summed E-state index contributed by atoms with van der Waals surface area (Å²) in [4.78, 5) is -0.593.